The summed E-state index contributed by atoms with van der Waals surface area (Å²) < 4.78 is 0. The van der Waals surface area contributed by atoms with Crippen molar-refractivity contribution in [2.75, 3.05) is 18.0 Å². The molecule has 1 unspecified atom stereocenters. The molecule has 16 heavy (non-hydrogen) atoms. The van der Waals surface area contributed by atoms with Gasteiger partial charge in [0.05, 0.1) is 4.92 Å². The van der Waals surface area contributed by atoms with Gasteiger partial charge in [-0.3, -0.25) is 10.1 Å². The second-order valence-corrected chi connectivity index (χ2v) is 4.12. The van der Waals surface area contributed by atoms with Gasteiger partial charge in [-0.15, -0.1) is 0 Å². The van der Waals surface area contributed by atoms with E-state index in [1.807, 2.05) is 0 Å². The third kappa shape index (κ3) is 2.30. The summed E-state index contributed by atoms with van der Waals surface area (Å²) in [5.41, 5.74) is 7.03. The van der Waals surface area contributed by atoms with Crippen molar-refractivity contribution < 1.29 is 4.92 Å². The molecule has 1 aliphatic heterocycles. The predicted octanol–water partition coefficient (Wildman–Crippen LogP) is 1.52. The van der Waals surface area contributed by atoms with E-state index < -0.39 is 0 Å². The zero-order valence-electron chi connectivity index (χ0n) is 9.00. The third-order valence-corrected chi connectivity index (χ3v) is 2.88. The van der Waals surface area contributed by atoms with Crippen molar-refractivity contribution in [2.24, 2.45) is 5.73 Å². The molecule has 0 radical (unpaired) electrons. The van der Waals surface area contributed by atoms with Crippen LogP contribution in [0.3, 0.4) is 0 Å². The first-order valence-electron chi connectivity index (χ1n) is 5.42. The summed E-state index contributed by atoms with van der Waals surface area (Å²) in [6.45, 7) is 1.81. The highest BCUT2D eigenvalue weighted by atomic mass is 16.6. The molecule has 2 rings (SSSR count). The Morgan fingerprint density at radius 2 is 2.06 bits per heavy atom. The Labute approximate surface area is 94.0 Å². The Bertz CT molecular complexity index is 377. The molecule has 86 valence electrons. The number of nitro groups is 1. The van der Waals surface area contributed by atoms with Crippen molar-refractivity contribution in [3.8, 4) is 0 Å². The molecule has 0 amide bonds. The van der Waals surface area contributed by atoms with Crippen molar-refractivity contribution in [2.45, 2.75) is 18.9 Å². The zero-order chi connectivity index (χ0) is 11.5. The molecule has 1 heterocycles. The summed E-state index contributed by atoms with van der Waals surface area (Å²) in [6, 6.07) is 6.86. The van der Waals surface area contributed by atoms with Gasteiger partial charge in [0.25, 0.3) is 5.69 Å². The van der Waals surface area contributed by atoms with Gasteiger partial charge in [-0.2, -0.15) is 0 Å². The maximum atomic E-state index is 10.5. The van der Waals surface area contributed by atoms with E-state index >= 15 is 0 Å². The number of non-ortho nitro benzene ring substituents is 1. The van der Waals surface area contributed by atoms with Crippen LogP contribution in [0, 0.1) is 10.1 Å². The van der Waals surface area contributed by atoms with E-state index in [1.165, 1.54) is 12.1 Å². The largest absolute Gasteiger partial charge is 0.370 e. The van der Waals surface area contributed by atoms with Crippen LogP contribution in [0.4, 0.5) is 11.4 Å². The van der Waals surface area contributed by atoms with Gasteiger partial charge in [-0.05, 0) is 25.0 Å². The Hall–Kier alpha value is -1.62. The van der Waals surface area contributed by atoms with Crippen LogP contribution in [-0.4, -0.2) is 24.1 Å². The number of nitro benzene ring substituents is 1. The minimum Gasteiger partial charge on any atom is -0.370 e. The van der Waals surface area contributed by atoms with Crippen molar-refractivity contribution in [1.29, 1.82) is 0 Å². The first kappa shape index (κ1) is 10.9. The lowest BCUT2D eigenvalue weighted by Crippen LogP contribution is -2.42. The number of nitrogens with zero attached hydrogens (tertiary/aromatic N) is 2. The van der Waals surface area contributed by atoms with Crippen molar-refractivity contribution in [1.82, 2.24) is 0 Å². The van der Waals surface area contributed by atoms with Crippen molar-refractivity contribution >= 4 is 11.4 Å². The second kappa shape index (κ2) is 4.49. The first-order valence-corrected chi connectivity index (χ1v) is 5.42. The molecule has 1 aromatic rings. The van der Waals surface area contributed by atoms with E-state index in [9.17, 15) is 10.1 Å². The molecule has 5 nitrogen and oxygen atoms in total. The summed E-state index contributed by atoms with van der Waals surface area (Å²) in [4.78, 5) is 12.3. The van der Waals surface area contributed by atoms with E-state index in [-0.39, 0.29) is 16.7 Å². The van der Waals surface area contributed by atoms with E-state index in [0.717, 1.165) is 31.6 Å². The smallest absolute Gasteiger partial charge is 0.269 e. The number of rotatable bonds is 2. The molecule has 1 atom stereocenters. The topological polar surface area (TPSA) is 72.4 Å². The van der Waals surface area contributed by atoms with Gasteiger partial charge in [0.2, 0.25) is 0 Å². The van der Waals surface area contributed by atoms with Gasteiger partial charge in [-0.25, -0.2) is 0 Å². The fourth-order valence-electron chi connectivity index (χ4n) is 2.03. The normalized spacial score (nSPS) is 20.8. The lowest BCUT2D eigenvalue weighted by Gasteiger charge is -2.32. The molecular formula is C11H15N3O2. The summed E-state index contributed by atoms with van der Waals surface area (Å²) >= 11 is 0. The van der Waals surface area contributed by atoms with Crippen LogP contribution < -0.4 is 10.6 Å². The van der Waals surface area contributed by atoms with Crippen LogP contribution in [0.5, 0.6) is 0 Å². The number of piperidine rings is 1. The molecule has 2 N–H and O–H groups in total. The predicted molar refractivity (Wildman–Crippen MR) is 62.5 cm³/mol. The molecule has 1 saturated heterocycles. The van der Waals surface area contributed by atoms with Gasteiger partial charge < -0.3 is 10.6 Å². The summed E-state index contributed by atoms with van der Waals surface area (Å²) in [7, 11) is 0. The molecule has 0 aromatic heterocycles. The molecule has 1 aliphatic rings. The summed E-state index contributed by atoms with van der Waals surface area (Å²) in [5, 5.41) is 10.5. The minimum absolute atomic E-state index is 0.130. The molecule has 0 saturated carbocycles. The van der Waals surface area contributed by atoms with E-state index in [4.69, 9.17) is 5.73 Å². The van der Waals surface area contributed by atoms with Crippen LogP contribution >= 0.6 is 0 Å². The monoisotopic (exact) mass is 221 g/mol. The fraction of sp³-hybridized carbons (Fsp3) is 0.455. The number of hydrogen-bond donors (Lipinski definition) is 1. The maximum absolute atomic E-state index is 10.5. The molecule has 0 bridgehead atoms. The standard InChI is InChI=1S/C11H15N3O2/c12-9-2-1-7-13(8-9)10-3-5-11(6-4-10)14(15)16/h3-6,9H,1-2,7-8,12H2. The molecule has 5 heteroatoms. The van der Waals surface area contributed by atoms with Crippen LogP contribution in [0.2, 0.25) is 0 Å². The highest BCUT2D eigenvalue weighted by molar-refractivity contribution is 5.51. The van der Waals surface area contributed by atoms with Crippen molar-refractivity contribution in [3.05, 3.63) is 34.4 Å². The SMILES string of the molecule is NC1CCCN(c2ccc([N+](=O)[O-])cc2)C1. The Morgan fingerprint density at radius 3 is 2.62 bits per heavy atom. The van der Waals surface area contributed by atoms with Gasteiger partial charge >= 0.3 is 0 Å². The Balaban J connectivity index is 2.11. The Kier molecular flexibility index (Phi) is 3.05. The zero-order valence-corrected chi connectivity index (χ0v) is 9.00. The summed E-state index contributed by atoms with van der Waals surface area (Å²) in [6.07, 6.45) is 2.14. The number of hydrogen-bond acceptors (Lipinski definition) is 4. The molecule has 1 fully saturated rings. The molecule has 0 aliphatic carbocycles. The first-order chi connectivity index (χ1) is 7.66. The van der Waals surface area contributed by atoms with Gasteiger partial charge in [0.15, 0.2) is 0 Å². The van der Waals surface area contributed by atoms with Gasteiger partial charge in [-0.1, -0.05) is 0 Å². The van der Waals surface area contributed by atoms with E-state index in [2.05, 4.69) is 4.90 Å². The lowest BCUT2D eigenvalue weighted by molar-refractivity contribution is -0.384. The van der Waals surface area contributed by atoms with Crippen LogP contribution in [0.25, 0.3) is 0 Å². The highest BCUT2D eigenvalue weighted by Crippen LogP contribution is 2.22. The van der Waals surface area contributed by atoms with Gasteiger partial charge in [0, 0.05) is 37.0 Å². The van der Waals surface area contributed by atoms with Gasteiger partial charge in [0.1, 0.15) is 0 Å². The Morgan fingerprint density at radius 1 is 1.38 bits per heavy atom. The molecule has 1 aromatic carbocycles. The van der Waals surface area contributed by atoms with Crippen LogP contribution in [-0.2, 0) is 0 Å². The highest BCUT2D eigenvalue weighted by Gasteiger charge is 2.17. The van der Waals surface area contributed by atoms with Crippen molar-refractivity contribution in [3.63, 3.8) is 0 Å². The number of benzene rings is 1. The fourth-order valence-corrected chi connectivity index (χ4v) is 2.03. The molecular weight excluding hydrogens is 206 g/mol. The second-order valence-electron chi connectivity index (χ2n) is 4.12. The number of nitrogens with two attached hydrogens (primary N) is 1. The average Bonchev–Trinajstić information content (AvgIpc) is 2.29. The average molecular weight is 221 g/mol. The quantitative estimate of drug-likeness (QED) is 0.607. The maximum Gasteiger partial charge on any atom is 0.269 e. The minimum atomic E-state index is -0.383. The molecule has 0 spiro atoms. The van der Waals surface area contributed by atoms with Crippen LogP contribution in [0.1, 0.15) is 12.8 Å². The van der Waals surface area contributed by atoms with E-state index in [1.54, 1.807) is 12.1 Å². The third-order valence-electron chi connectivity index (χ3n) is 2.88. The van der Waals surface area contributed by atoms with Crippen LogP contribution in [0.15, 0.2) is 24.3 Å². The van der Waals surface area contributed by atoms with E-state index in [0.29, 0.717) is 0 Å². The number of anilines is 1. The lowest BCUT2D eigenvalue weighted by atomic mass is 10.1. The summed E-state index contributed by atoms with van der Waals surface area (Å²) in [5.74, 6) is 0.